The van der Waals surface area contributed by atoms with Crippen LogP contribution in [0, 0.1) is 13.8 Å². The number of aromatic nitrogens is 2. The number of rotatable bonds is 5. The highest BCUT2D eigenvalue weighted by Gasteiger charge is 2.07. The predicted octanol–water partition coefficient (Wildman–Crippen LogP) is 3.54. The second-order valence-corrected chi connectivity index (χ2v) is 4.91. The number of hydrogen-bond donors (Lipinski definition) is 1. The van der Waals surface area contributed by atoms with E-state index in [4.69, 9.17) is 16.3 Å². The molecule has 0 aliphatic rings. The summed E-state index contributed by atoms with van der Waals surface area (Å²) in [7, 11) is 1.69. The minimum atomic E-state index is 0.652. The van der Waals surface area contributed by atoms with Gasteiger partial charge < -0.3 is 14.6 Å². The lowest BCUT2D eigenvalue weighted by atomic mass is 10.2. The van der Waals surface area contributed by atoms with E-state index in [9.17, 15) is 0 Å². The van der Waals surface area contributed by atoms with Crippen LogP contribution in [0.2, 0.25) is 5.02 Å². The molecule has 0 saturated carbocycles. The molecule has 0 atom stereocenters. The number of methoxy groups -OCH3 is 1. The molecule has 0 aliphatic heterocycles. The van der Waals surface area contributed by atoms with E-state index in [-0.39, 0.29) is 0 Å². The summed E-state index contributed by atoms with van der Waals surface area (Å²) >= 11 is 6.02. The Hall–Kier alpha value is -1.52. The Labute approximate surface area is 118 Å². The van der Waals surface area contributed by atoms with Crippen molar-refractivity contribution in [2.24, 2.45) is 0 Å². The minimum Gasteiger partial charge on any atom is -0.383 e. The van der Waals surface area contributed by atoms with Gasteiger partial charge in [-0.25, -0.2) is 4.98 Å². The molecule has 0 unspecified atom stereocenters. The molecule has 0 saturated heterocycles. The number of nitrogens with one attached hydrogen (secondary N) is 1. The summed E-state index contributed by atoms with van der Waals surface area (Å²) in [5, 5.41) is 4.03. The second-order valence-electron chi connectivity index (χ2n) is 4.48. The zero-order valence-corrected chi connectivity index (χ0v) is 12.2. The number of hydrogen-bond acceptors (Lipinski definition) is 3. The van der Waals surface area contributed by atoms with Gasteiger partial charge in [0.1, 0.15) is 0 Å². The number of nitrogens with zero attached hydrogens (tertiary/aromatic N) is 2. The number of ether oxygens (including phenoxy) is 1. The molecule has 4 nitrogen and oxygen atoms in total. The molecule has 0 spiro atoms. The van der Waals surface area contributed by atoms with E-state index in [1.165, 1.54) is 0 Å². The molecule has 2 aromatic rings. The lowest BCUT2D eigenvalue weighted by Crippen LogP contribution is -2.07. The van der Waals surface area contributed by atoms with Crippen LogP contribution in [0.5, 0.6) is 0 Å². The first-order valence-corrected chi connectivity index (χ1v) is 6.54. The van der Waals surface area contributed by atoms with Crippen LogP contribution >= 0.6 is 11.6 Å². The van der Waals surface area contributed by atoms with Crippen LogP contribution in [0.4, 0.5) is 11.6 Å². The first-order chi connectivity index (χ1) is 9.10. The van der Waals surface area contributed by atoms with Gasteiger partial charge in [0.25, 0.3) is 0 Å². The summed E-state index contributed by atoms with van der Waals surface area (Å²) in [6.45, 7) is 5.42. The van der Waals surface area contributed by atoms with E-state index in [1.807, 2.05) is 42.8 Å². The zero-order chi connectivity index (χ0) is 13.8. The Bertz CT molecular complexity index is 566. The van der Waals surface area contributed by atoms with E-state index in [0.717, 1.165) is 29.4 Å². The number of benzene rings is 1. The first kappa shape index (κ1) is 13.9. The number of imidazole rings is 1. The monoisotopic (exact) mass is 279 g/mol. The molecule has 0 radical (unpaired) electrons. The topological polar surface area (TPSA) is 39.1 Å². The summed E-state index contributed by atoms with van der Waals surface area (Å²) in [6.07, 6.45) is 2.00. The molecule has 5 heteroatoms. The third kappa shape index (κ3) is 3.49. The maximum atomic E-state index is 6.02. The largest absolute Gasteiger partial charge is 0.383 e. The molecular formula is C14H18ClN3O. The van der Waals surface area contributed by atoms with Crippen molar-refractivity contribution >= 4 is 23.2 Å². The molecule has 2 rings (SSSR count). The first-order valence-electron chi connectivity index (χ1n) is 6.16. The molecule has 0 amide bonds. The van der Waals surface area contributed by atoms with Crippen LogP contribution < -0.4 is 5.32 Å². The van der Waals surface area contributed by atoms with Gasteiger partial charge in [-0.15, -0.1) is 0 Å². The van der Waals surface area contributed by atoms with Gasteiger partial charge >= 0.3 is 0 Å². The maximum absolute atomic E-state index is 6.02. The molecule has 19 heavy (non-hydrogen) atoms. The van der Waals surface area contributed by atoms with Gasteiger partial charge in [0, 0.05) is 30.6 Å². The molecular weight excluding hydrogens is 262 g/mol. The molecule has 1 aromatic heterocycles. The maximum Gasteiger partial charge on any atom is 0.207 e. The smallest absolute Gasteiger partial charge is 0.207 e. The Balaban J connectivity index is 2.24. The van der Waals surface area contributed by atoms with E-state index in [1.54, 1.807) is 7.11 Å². The van der Waals surface area contributed by atoms with Crippen LogP contribution in [0.1, 0.15) is 11.3 Å². The van der Waals surface area contributed by atoms with Crippen LogP contribution in [0.15, 0.2) is 24.4 Å². The molecule has 0 fully saturated rings. The van der Waals surface area contributed by atoms with Crippen molar-refractivity contribution in [2.45, 2.75) is 20.4 Å². The van der Waals surface area contributed by atoms with E-state index in [2.05, 4.69) is 10.3 Å². The lowest BCUT2D eigenvalue weighted by Gasteiger charge is -2.11. The third-order valence-corrected chi connectivity index (χ3v) is 3.11. The predicted molar refractivity (Wildman–Crippen MR) is 78.3 cm³/mol. The van der Waals surface area contributed by atoms with Gasteiger partial charge in [0.2, 0.25) is 5.95 Å². The summed E-state index contributed by atoms with van der Waals surface area (Å²) in [6, 6.07) is 5.77. The average Bonchev–Trinajstić information content (AvgIpc) is 2.71. The summed E-state index contributed by atoms with van der Waals surface area (Å²) in [4.78, 5) is 4.48. The third-order valence-electron chi connectivity index (χ3n) is 2.88. The van der Waals surface area contributed by atoms with Crippen LogP contribution in [-0.2, 0) is 11.3 Å². The molecule has 0 bridgehead atoms. The highest BCUT2D eigenvalue weighted by molar-refractivity contribution is 6.30. The molecule has 1 aromatic carbocycles. The quantitative estimate of drug-likeness (QED) is 0.910. The lowest BCUT2D eigenvalue weighted by molar-refractivity contribution is 0.188. The molecule has 1 heterocycles. The van der Waals surface area contributed by atoms with Crippen LogP contribution in [0.3, 0.4) is 0 Å². The van der Waals surface area contributed by atoms with Crippen LogP contribution in [-0.4, -0.2) is 23.3 Å². The molecule has 102 valence electrons. The van der Waals surface area contributed by atoms with Gasteiger partial charge in [0.15, 0.2) is 0 Å². The van der Waals surface area contributed by atoms with Crippen molar-refractivity contribution in [1.29, 1.82) is 0 Å². The van der Waals surface area contributed by atoms with Crippen molar-refractivity contribution < 1.29 is 4.74 Å². The van der Waals surface area contributed by atoms with Crippen molar-refractivity contribution in [3.05, 3.63) is 40.7 Å². The van der Waals surface area contributed by atoms with Gasteiger partial charge in [-0.05, 0) is 31.5 Å². The highest BCUT2D eigenvalue weighted by Crippen LogP contribution is 2.23. The summed E-state index contributed by atoms with van der Waals surface area (Å²) < 4.78 is 7.15. The van der Waals surface area contributed by atoms with Crippen molar-refractivity contribution in [2.75, 3.05) is 19.0 Å². The average molecular weight is 280 g/mol. The summed E-state index contributed by atoms with van der Waals surface area (Å²) in [5.74, 6) is 0.805. The highest BCUT2D eigenvalue weighted by atomic mass is 35.5. The van der Waals surface area contributed by atoms with Crippen molar-refractivity contribution in [3.8, 4) is 0 Å². The zero-order valence-electron chi connectivity index (χ0n) is 11.4. The fourth-order valence-corrected chi connectivity index (χ4v) is 2.03. The Kier molecular flexibility index (Phi) is 4.45. The fourth-order valence-electron chi connectivity index (χ4n) is 1.86. The van der Waals surface area contributed by atoms with Gasteiger partial charge in [-0.3, -0.25) is 0 Å². The van der Waals surface area contributed by atoms with Crippen LogP contribution in [0.25, 0.3) is 0 Å². The van der Waals surface area contributed by atoms with Gasteiger partial charge in [0.05, 0.1) is 12.3 Å². The number of aryl methyl sites for hydroxylation is 2. The summed E-state index contributed by atoms with van der Waals surface area (Å²) in [5.41, 5.74) is 3.07. The van der Waals surface area contributed by atoms with Gasteiger partial charge in [-0.1, -0.05) is 17.7 Å². The second kappa shape index (κ2) is 6.08. The van der Waals surface area contributed by atoms with Crippen molar-refractivity contribution in [1.82, 2.24) is 9.55 Å². The SMILES string of the molecule is COCCn1cc(C)nc1Nc1cc(Cl)ccc1C. The van der Waals surface area contributed by atoms with E-state index < -0.39 is 0 Å². The minimum absolute atomic E-state index is 0.652. The fraction of sp³-hybridized carbons (Fsp3) is 0.357. The molecule has 0 aliphatic carbocycles. The van der Waals surface area contributed by atoms with E-state index in [0.29, 0.717) is 11.6 Å². The van der Waals surface area contributed by atoms with Gasteiger partial charge in [-0.2, -0.15) is 0 Å². The number of anilines is 2. The Morgan fingerprint density at radius 2 is 2.16 bits per heavy atom. The standard InChI is InChI=1S/C14H18ClN3O/c1-10-4-5-12(15)8-13(10)17-14-16-11(2)9-18(14)6-7-19-3/h4-5,8-9H,6-7H2,1-3H3,(H,16,17). The molecule has 1 N–H and O–H groups in total. The number of halogens is 1. The van der Waals surface area contributed by atoms with E-state index >= 15 is 0 Å². The normalized spacial score (nSPS) is 10.7. The Morgan fingerprint density at radius 1 is 1.37 bits per heavy atom. The van der Waals surface area contributed by atoms with Crippen molar-refractivity contribution in [3.63, 3.8) is 0 Å². The Morgan fingerprint density at radius 3 is 2.89 bits per heavy atom.